The zero-order valence-electron chi connectivity index (χ0n) is 17.1. The molecular formula is C19H32F3IN4S. The summed E-state index contributed by atoms with van der Waals surface area (Å²) in [5.41, 5.74) is -0.00501. The van der Waals surface area contributed by atoms with Crippen molar-refractivity contribution in [1.29, 1.82) is 0 Å². The molecule has 0 aliphatic carbocycles. The smallest absolute Gasteiger partial charge is 0.355 e. The molecule has 1 fully saturated rings. The van der Waals surface area contributed by atoms with Gasteiger partial charge >= 0.3 is 6.18 Å². The van der Waals surface area contributed by atoms with E-state index in [2.05, 4.69) is 46.6 Å². The molecule has 1 atom stereocenters. The molecule has 1 unspecified atom stereocenters. The van der Waals surface area contributed by atoms with Crippen molar-refractivity contribution in [3.05, 3.63) is 22.4 Å². The summed E-state index contributed by atoms with van der Waals surface area (Å²) in [5.74, 6) is 1.07. The van der Waals surface area contributed by atoms with Crippen LogP contribution in [0.25, 0.3) is 0 Å². The second kappa shape index (κ2) is 11.0. The maximum absolute atomic E-state index is 12.7. The first-order valence-corrected chi connectivity index (χ1v) is 10.3. The van der Waals surface area contributed by atoms with Crippen LogP contribution in [0.1, 0.15) is 32.1 Å². The highest BCUT2D eigenvalue weighted by Crippen LogP contribution is 2.27. The Balaban J connectivity index is 0.00000392. The second-order valence-corrected chi connectivity index (χ2v) is 8.75. The van der Waals surface area contributed by atoms with E-state index in [1.165, 1.54) is 9.78 Å². The van der Waals surface area contributed by atoms with E-state index in [-0.39, 0.29) is 35.3 Å². The molecule has 1 aromatic rings. The van der Waals surface area contributed by atoms with Crippen LogP contribution in [0.5, 0.6) is 0 Å². The topological polar surface area (TPSA) is 30.9 Å². The minimum absolute atomic E-state index is 0. The average molecular weight is 532 g/mol. The third-order valence-corrected chi connectivity index (χ3v) is 6.28. The molecule has 0 aromatic carbocycles. The van der Waals surface area contributed by atoms with Crippen molar-refractivity contribution in [3.8, 4) is 0 Å². The van der Waals surface area contributed by atoms with Crippen LogP contribution in [0, 0.1) is 5.92 Å². The van der Waals surface area contributed by atoms with E-state index in [4.69, 9.17) is 0 Å². The van der Waals surface area contributed by atoms with E-state index in [9.17, 15) is 13.2 Å². The molecule has 1 aromatic heterocycles. The fraction of sp³-hybridized carbons (Fsp3) is 0.737. The molecule has 1 aliphatic heterocycles. The first-order chi connectivity index (χ1) is 12.6. The zero-order valence-corrected chi connectivity index (χ0v) is 20.2. The summed E-state index contributed by atoms with van der Waals surface area (Å²) in [4.78, 5) is 9.36. The highest BCUT2D eigenvalue weighted by atomic mass is 127. The lowest BCUT2D eigenvalue weighted by Gasteiger charge is -2.29. The molecule has 2 heterocycles. The van der Waals surface area contributed by atoms with E-state index in [1.807, 2.05) is 0 Å². The average Bonchev–Trinajstić information content (AvgIpc) is 3.25. The summed E-state index contributed by atoms with van der Waals surface area (Å²) in [5, 5.41) is 5.54. The Hall–Kier alpha value is -0.550. The van der Waals surface area contributed by atoms with Gasteiger partial charge in [-0.15, -0.1) is 35.3 Å². The lowest BCUT2D eigenvalue weighted by atomic mass is 9.91. The van der Waals surface area contributed by atoms with Crippen LogP contribution in [-0.4, -0.2) is 68.3 Å². The van der Waals surface area contributed by atoms with Crippen LogP contribution in [0.15, 0.2) is 22.5 Å². The number of guanidine groups is 1. The van der Waals surface area contributed by atoms with Crippen LogP contribution in [0.4, 0.5) is 13.2 Å². The van der Waals surface area contributed by atoms with E-state index in [0.717, 1.165) is 32.0 Å². The van der Waals surface area contributed by atoms with Crippen molar-refractivity contribution in [1.82, 2.24) is 15.1 Å². The number of aliphatic imine (C=N–C) groups is 1. The second-order valence-electron chi connectivity index (χ2n) is 7.81. The fourth-order valence-corrected chi connectivity index (χ4v) is 4.33. The number of alkyl halides is 3. The van der Waals surface area contributed by atoms with Crippen LogP contribution >= 0.6 is 35.3 Å². The Morgan fingerprint density at radius 1 is 1.39 bits per heavy atom. The molecular weight excluding hydrogens is 500 g/mol. The Labute approximate surface area is 187 Å². The third kappa shape index (κ3) is 7.70. The van der Waals surface area contributed by atoms with Gasteiger partial charge in [-0.25, -0.2) is 0 Å². The van der Waals surface area contributed by atoms with Gasteiger partial charge in [-0.2, -0.15) is 13.2 Å². The van der Waals surface area contributed by atoms with Gasteiger partial charge in [0.05, 0.1) is 6.54 Å². The number of nitrogens with zero attached hydrogens (tertiary/aromatic N) is 3. The molecule has 0 radical (unpaired) electrons. The van der Waals surface area contributed by atoms with Gasteiger partial charge in [-0.3, -0.25) is 9.89 Å². The summed E-state index contributed by atoms with van der Waals surface area (Å²) in [6.07, 6.45) is -3.25. The number of nitrogens with one attached hydrogen (secondary N) is 1. The maximum atomic E-state index is 12.7. The Bertz CT molecular complexity index is 605. The zero-order chi connectivity index (χ0) is 20.1. The van der Waals surface area contributed by atoms with Gasteiger partial charge in [0.1, 0.15) is 0 Å². The van der Waals surface area contributed by atoms with Gasteiger partial charge in [-0.05, 0) is 30.3 Å². The van der Waals surface area contributed by atoms with Crippen LogP contribution in [-0.2, 0) is 5.41 Å². The van der Waals surface area contributed by atoms with Crippen molar-refractivity contribution in [2.75, 3.05) is 46.3 Å². The number of hydrogen-bond acceptors (Lipinski definition) is 3. The Morgan fingerprint density at radius 3 is 2.64 bits per heavy atom. The van der Waals surface area contributed by atoms with E-state index in [0.29, 0.717) is 13.1 Å². The minimum atomic E-state index is -4.14. The van der Waals surface area contributed by atoms with Gasteiger partial charge in [-0.1, -0.05) is 26.8 Å². The Morgan fingerprint density at radius 2 is 2.11 bits per heavy atom. The lowest BCUT2D eigenvalue weighted by Crippen LogP contribution is -2.45. The molecule has 0 saturated carbocycles. The van der Waals surface area contributed by atoms with Crippen molar-refractivity contribution >= 4 is 41.3 Å². The largest absolute Gasteiger partial charge is 0.401 e. The van der Waals surface area contributed by atoms with Gasteiger partial charge in [0.2, 0.25) is 0 Å². The molecule has 0 amide bonds. The summed E-state index contributed by atoms with van der Waals surface area (Å²) in [7, 11) is 1.76. The van der Waals surface area contributed by atoms with E-state index >= 15 is 0 Å². The number of halogens is 4. The Kier molecular flexibility index (Phi) is 10.0. The van der Waals surface area contributed by atoms with Crippen LogP contribution in [0.2, 0.25) is 0 Å². The number of likely N-dealkylation sites (tertiary alicyclic amines) is 1. The van der Waals surface area contributed by atoms with E-state index in [1.54, 1.807) is 25.3 Å². The molecule has 28 heavy (non-hydrogen) atoms. The predicted molar refractivity (Wildman–Crippen MR) is 122 cm³/mol. The summed E-state index contributed by atoms with van der Waals surface area (Å²) >= 11 is 1.74. The van der Waals surface area contributed by atoms with Crippen molar-refractivity contribution < 1.29 is 13.2 Å². The van der Waals surface area contributed by atoms with Crippen molar-refractivity contribution in [2.24, 2.45) is 10.9 Å². The normalized spacial score (nSPS) is 18.5. The molecule has 1 saturated heterocycles. The molecule has 2 rings (SSSR count). The van der Waals surface area contributed by atoms with Crippen molar-refractivity contribution in [3.63, 3.8) is 0 Å². The standard InChI is InChI=1S/C19H31F3N4S.HI/c1-5-25(14-19(20,21)22)11-15-8-9-26(12-15)17(23-4)24-13-18(2,3)16-7-6-10-27-16;/h6-7,10,15H,5,8-9,11-14H2,1-4H3,(H,23,24);1H. The number of thiophene rings is 1. The van der Waals surface area contributed by atoms with E-state index < -0.39 is 12.7 Å². The highest BCUT2D eigenvalue weighted by Gasteiger charge is 2.33. The quantitative estimate of drug-likeness (QED) is 0.321. The third-order valence-electron chi connectivity index (χ3n) is 5.04. The minimum Gasteiger partial charge on any atom is -0.355 e. The summed E-state index contributed by atoms with van der Waals surface area (Å²) in [6.45, 7) is 8.57. The van der Waals surface area contributed by atoms with Gasteiger partial charge < -0.3 is 10.2 Å². The summed E-state index contributed by atoms with van der Waals surface area (Å²) in [6, 6.07) is 4.20. The molecule has 0 spiro atoms. The van der Waals surface area contributed by atoms with Gasteiger partial charge in [0, 0.05) is 43.5 Å². The molecule has 0 bridgehead atoms. The number of rotatable bonds is 7. The molecule has 9 heteroatoms. The number of hydrogen-bond donors (Lipinski definition) is 1. The maximum Gasteiger partial charge on any atom is 0.401 e. The van der Waals surface area contributed by atoms with Crippen LogP contribution in [0.3, 0.4) is 0 Å². The SMILES string of the molecule is CCN(CC1CCN(C(=NC)NCC(C)(C)c2cccs2)C1)CC(F)(F)F.I. The van der Waals surface area contributed by atoms with Gasteiger partial charge in [0.25, 0.3) is 0 Å². The molecule has 162 valence electrons. The first kappa shape index (κ1) is 25.5. The van der Waals surface area contributed by atoms with Gasteiger partial charge in [0.15, 0.2) is 5.96 Å². The lowest BCUT2D eigenvalue weighted by molar-refractivity contribution is -0.146. The van der Waals surface area contributed by atoms with Crippen LogP contribution < -0.4 is 5.32 Å². The summed E-state index contributed by atoms with van der Waals surface area (Å²) < 4.78 is 38.0. The first-order valence-electron chi connectivity index (χ1n) is 9.43. The molecule has 1 N–H and O–H groups in total. The predicted octanol–water partition coefficient (Wildman–Crippen LogP) is 4.43. The van der Waals surface area contributed by atoms with Crippen molar-refractivity contribution in [2.45, 2.75) is 38.8 Å². The molecule has 1 aliphatic rings. The molecule has 4 nitrogen and oxygen atoms in total. The monoisotopic (exact) mass is 532 g/mol. The fourth-order valence-electron chi connectivity index (χ4n) is 3.48. The highest BCUT2D eigenvalue weighted by molar-refractivity contribution is 14.0.